The second-order valence-corrected chi connectivity index (χ2v) is 4.08. The monoisotopic (exact) mass is 218 g/mol. The highest BCUT2D eigenvalue weighted by atomic mass is 16.5. The number of carbonyl (C=O) groups is 1. The molecule has 2 rings (SSSR count). The smallest absolute Gasteiger partial charge is 0.254 e. The van der Waals surface area contributed by atoms with Gasteiger partial charge in [-0.1, -0.05) is 6.07 Å². The first-order valence-corrected chi connectivity index (χ1v) is 5.55. The summed E-state index contributed by atoms with van der Waals surface area (Å²) in [7, 11) is 0. The van der Waals surface area contributed by atoms with Crippen LogP contribution >= 0.6 is 0 Å². The standard InChI is InChI=1S/C13H16NO2/c1-10-3-4-12(11(2)9-10)13(15)14-5-7-16-8-6-14/h3-4H,5-8H2,1-2H3. The Morgan fingerprint density at radius 2 is 2.00 bits per heavy atom. The van der Waals surface area contributed by atoms with Crippen molar-refractivity contribution in [1.82, 2.24) is 4.90 Å². The highest BCUT2D eigenvalue weighted by Gasteiger charge is 2.19. The van der Waals surface area contributed by atoms with E-state index in [9.17, 15) is 4.79 Å². The molecule has 16 heavy (non-hydrogen) atoms. The van der Waals surface area contributed by atoms with Gasteiger partial charge in [0.25, 0.3) is 5.91 Å². The van der Waals surface area contributed by atoms with Crippen LogP contribution in [0.15, 0.2) is 12.1 Å². The van der Waals surface area contributed by atoms with Crippen molar-refractivity contribution in [3.63, 3.8) is 0 Å². The molecule has 1 aromatic carbocycles. The minimum absolute atomic E-state index is 0.0945. The van der Waals surface area contributed by atoms with E-state index in [1.54, 1.807) is 0 Å². The van der Waals surface area contributed by atoms with Gasteiger partial charge in [-0.3, -0.25) is 4.79 Å². The first kappa shape index (κ1) is 11.1. The number of hydrogen-bond donors (Lipinski definition) is 0. The van der Waals surface area contributed by atoms with E-state index in [0.29, 0.717) is 26.3 Å². The molecule has 85 valence electrons. The van der Waals surface area contributed by atoms with Gasteiger partial charge in [0.2, 0.25) is 0 Å². The minimum atomic E-state index is 0.0945. The largest absolute Gasteiger partial charge is 0.378 e. The lowest BCUT2D eigenvalue weighted by molar-refractivity contribution is 0.0302. The molecule has 1 aliphatic rings. The summed E-state index contributed by atoms with van der Waals surface area (Å²) in [6.45, 7) is 6.57. The first-order valence-electron chi connectivity index (χ1n) is 5.55. The molecule has 1 saturated heterocycles. The number of carbonyl (C=O) groups excluding carboxylic acids is 1. The number of hydrogen-bond acceptors (Lipinski definition) is 2. The van der Waals surface area contributed by atoms with E-state index in [4.69, 9.17) is 4.74 Å². The second kappa shape index (κ2) is 4.66. The quantitative estimate of drug-likeness (QED) is 0.716. The van der Waals surface area contributed by atoms with Gasteiger partial charge >= 0.3 is 0 Å². The van der Waals surface area contributed by atoms with Crippen molar-refractivity contribution in [2.24, 2.45) is 0 Å². The Bertz CT molecular complexity index is 395. The van der Waals surface area contributed by atoms with Gasteiger partial charge in [-0.05, 0) is 37.1 Å². The average Bonchev–Trinajstić information content (AvgIpc) is 2.29. The lowest BCUT2D eigenvalue weighted by atomic mass is 10.0. The molecule has 3 nitrogen and oxygen atoms in total. The van der Waals surface area contributed by atoms with Gasteiger partial charge in [0, 0.05) is 18.7 Å². The Labute approximate surface area is 96.0 Å². The minimum Gasteiger partial charge on any atom is -0.378 e. The predicted octanol–water partition coefficient (Wildman–Crippen LogP) is 1.58. The zero-order chi connectivity index (χ0) is 11.5. The van der Waals surface area contributed by atoms with Crippen LogP contribution in [-0.2, 0) is 4.74 Å². The molecule has 1 fully saturated rings. The van der Waals surface area contributed by atoms with Gasteiger partial charge in [-0.15, -0.1) is 0 Å². The van der Waals surface area contributed by atoms with Crippen LogP contribution in [0, 0.1) is 19.9 Å². The zero-order valence-electron chi connectivity index (χ0n) is 9.75. The van der Waals surface area contributed by atoms with Crippen molar-refractivity contribution < 1.29 is 9.53 Å². The van der Waals surface area contributed by atoms with Gasteiger partial charge in [0.05, 0.1) is 13.2 Å². The van der Waals surface area contributed by atoms with E-state index in [1.165, 1.54) is 0 Å². The van der Waals surface area contributed by atoms with Gasteiger partial charge < -0.3 is 9.64 Å². The van der Waals surface area contributed by atoms with Crippen LogP contribution in [0.1, 0.15) is 21.5 Å². The SMILES string of the molecule is Cc1[c]c(C)c(C(=O)N2CCOCC2)cc1. The summed E-state index contributed by atoms with van der Waals surface area (Å²) in [5, 5.41) is 0. The van der Waals surface area contributed by atoms with Crippen molar-refractivity contribution in [2.75, 3.05) is 26.3 Å². The topological polar surface area (TPSA) is 29.5 Å². The van der Waals surface area contributed by atoms with Crippen LogP contribution in [0.5, 0.6) is 0 Å². The molecule has 1 amide bonds. The summed E-state index contributed by atoms with van der Waals surface area (Å²) in [6.07, 6.45) is 0. The molecule has 0 unspecified atom stereocenters. The lowest BCUT2D eigenvalue weighted by Crippen LogP contribution is -2.40. The first-order chi connectivity index (χ1) is 7.68. The fourth-order valence-electron chi connectivity index (χ4n) is 1.91. The van der Waals surface area contributed by atoms with E-state index >= 15 is 0 Å². The average molecular weight is 218 g/mol. The third kappa shape index (κ3) is 2.25. The van der Waals surface area contributed by atoms with E-state index < -0.39 is 0 Å². The summed E-state index contributed by atoms with van der Waals surface area (Å²) in [5.41, 5.74) is 2.75. The van der Waals surface area contributed by atoms with Crippen LogP contribution in [0.2, 0.25) is 0 Å². The molecule has 0 spiro atoms. The normalized spacial score (nSPS) is 16.2. The highest BCUT2D eigenvalue weighted by molar-refractivity contribution is 5.95. The fraction of sp³-hybridized carbons (Fsp3) is 0.462. The van der Waals surface area contributed by atoms with Gasteiger partial charge in [0.1, 0.15) is 0 Å². The molecular weight excluding hydrogens is 202 g/mol. The molecule has 1 heterocycles. The number of aryl methyl sites for hydroxylation is 2. The van der Waals surface area contributed by atoms with E-state index in [2.05, 4.69) is 6.07 Å². The molecule has 3 heteroatoms. The van der Waals surface area contributed by atoms with Crippen molar-refractivity contribution in [1.29, 1.82) is 0 Å². The summed E-state index contributed by atoms with van der Waals surface area (Å²) >= 11 is 0. The van der Waals surface area contributed by atoms with Crippen LogP contribution in [-0.4, -0.2) is 37.1 Å². The highest BCUT2D eigenvalue weighted by Crippen LogP contribution is 2.13. The van der Waals surface area contributed by atoms with E-state index in [1.807, 2.05) is 30.9 Å². The molecule has 0 saturated carbocycles. The molecule has 0 atom stereocenters. The van der Waals surface area contributed by atoms with Crippen LogP contribution in [0.4, 0.5) is 0 Å². The van der Waals surface area contributed by atoms with Gasteiger partial charge in [-0.25, -0.2) is 0 Å². The summed E-state index contributed by atoms with van der Waals surface area (Å²) < 4.78 is 5.23. The number of morpholine rings is 1. The van der Waals surface area contributed by atoms with E-state index in [-0.39, 0.29) is 5.91 Å². The number of ether oxygens (including phenoxy) is 1. The van der Waals surface area contributed by atoms with Crippen molar-refractivity contribution in [3.05, 3.63) is 34.9 Å². The molecule has 0 aromatic heterocycles. The molecular formula is C13H16NO2. The molecule has 1 aromatic rings. The van der Waals surface area contributed by atoms with Gasteiger partial charge in [-0.2, -0.15) is 0 Å². The Morgan fingerprint density at radius 1 is 1.31 bits per heavy atom. The zero-order valence-corrected chi connectivity index (χ0v) is 9.75. The summed E-state index contributed by atoms with van der Waals surface area (Å²) in [6, 6.07) is 7.00. The van der Waals surface area contributed by atoms with Crippen LogP contribution in [0.3, 0.4) is 0 Å². The Kier molecular flexibility index (Phi) is 3.25. The second-order valence-electron chi connectivity index (χ2n) is 4.08. The number of amides is 1. The molecule has 0 bridgehead atoms. The Hall–Kier alpha value is -1.35. The molecule has 0 aliphatic carbocycles. The maximum absolute atomic E-state index is 12.2. The van der Waals surface area contributed by atoms with Crippen LogP contribution < -0.4 is 0 Å². The van der Waals surface area contributed by atoms with Crippen molar-refractivity contribution in [3.8, 4) is 0 Å². The van der Waals surface area contributed by atoms with Crippen molar-refractivity contribution in [2.45, 2.75) is 13.8 Å². The Morgan fingerprint density at radius 3 is 2.62 bits per heavy atom. The third-order valence-electron chi connectivity index (χ3n) is 2.82. The predicted molar refractivity (Wildman–Crippen MR) is 61.5 cm³/mol. The maximum atomic E-state index is 12.2. The Balaban J connectivity index is 2.19. The van der Waals surface area contributed by atoms with Gasteiger partial charge in [0.15, 0.2) is 0 Å². The number of rotatable bonds is 1. The lowest BCUT2D eigenvalue weighted by Gasteiger charge is -2.27. The summed E-state index contributed by atoms with van der Waals surface area (Å²) in [5.74, 6) is 0.0945. The number of benzene rings is 1. The van der Waals surface area contributed by atoms with Crippen LogP contribution in [0.25, 0.3) is 0 Å². The number of nitrogens with zero attached hydrogens (tertiary/aromatic N) is 1. The summed E-state index contributed by atoms with van der Waals surface area (Å²) in [4.78, 5) is 14.0. The van der Waals surface area contributed by atoms with Crippen molar-refractivity contribution >= 4 is 5.91 Å². The fourth-order valence-corrected chi connectivity index (χ4v) is 1.91. The molecule has 0 N–H and O–H groups in total. The van der Waals surface area contributed by atoms with E-state index in [0.717, 1.165) is 16.7 Å². The maximum Gasteiger partial charge on any atom is 0.254 e. The molecule has 1 radical (unpaired) electrons. The third-order valence-corrected chi connectivity index (χ3v) is 2.82. The molecule has 1 aliphatic heterocycles.